The van der Waals surface area contributed by atoms with E-state index in [0.29, 0.717) is 24.6 Å². The van der Waals surface area contributed by atoms with Crippen LogP contribution >= 0.6 is 0 Å². The Bertz CT molecular complexity index is 862. The summed E-state index contributed by atoms with van der Waals surface area (Å²) in [6.45, 7) is 6.70. The lowest BCUT2D eigenvalue weighted by atomic mass is 10.1. The summed E-state index contributed by atoms with van der Waals surface area (Å²) in [5.74, 6) is -0.577. The summed E-state index contributed by atoms with van der Waals surface area (Å²) in [4.78, 5) is 33.8. The molecule has 8 heteroatoms. The Morgan fingerprint density at radius 3 is 2.81 bits per heavy atom. The van der Waals surface area contributed by atoms with Gasteiger partial charge in [0, 0.05) is 30.7 Å². The van der Waals surface area contributed by atoms with Gasteiger partial charge in [0.15, 0.2) is 0 Å². The summed E-state index contributed by atoms with van der Waals surface area (Å²) >= 11 is 0. The molecular formula is C19H24N4O4. The first-order valence-electron chi connectivity index (χ1n) is 8.96. The van der Waals surface area contributed by atoms with Gasteiger partial charge in [0.05, 0.1) is 11.1 Å². The number of piperidine rings is 1. The van der Waals surface area contributed by atoms with E-state index in [1.54, 1.807) is 17.2 Å². The number of aromatic nitrogens is 2. The van der Waals surface area contributed by atoms with Crippen molar-refractivity contribution in [3.05, 3.63) is 30.0 Å². The third-order valence-corrected chi connectivity index (χ3v) is 4.24. The van der Waals surface area contributed by atoms with Crippen LogP contribution in [0.25, 0.3) is 10.9 Å². The molecule has 2 aromatic rings. The number of amides is 1. The van der Waals surface area contributed by atoms with Gasteiger partial charge in [-0.25, -0.2) is 19.6 Å². The van der Waals surface area contributed by atoms with Crippen LogP contribution in [-0.4, -0.2) is 56.8 Å². The first-order valence-corrected chi connectivity index (χ1v) is 8.96. The van der Waals surface area contributed by atoms with Crippen LogP contribution in [0.3, 0.4) is 0 Å². The summed E-state index contributed by atoms with van der Waals surface area (Å²) in [6, 6.07) is 4.75. The summed E-state index contributed by atoms with van der Waals surface area (Å²) < 4.78 is 5.44. The molecule has 144 valence electrons. The van der Waals surface area contributed by atoms with Gasteiger partial charge in [-0.3, -0.25) is 0 Å². The van der Waals surface area contributed by atoms with E-state index in [9.17, 15) is 9.59 Å². The number of fused-ring (bicyclic) bond motifs is 1. The molecule has 1 atom stereocenters. The monoisotopic (exact) mass is 372 g/mol. The van der Waals surface area contributed by atoms with Gasteiger partial charge >= 0.3 is 12.1 Å². The Morgan fingerprint density at radius 1 is 1.33 bits per heavy atom. The van der Waals surface area contributed by atoms with Crippen molar-refractivity contribution in [1.82, 2.24) is 14.9 Å². The maximum absolute atomic E-state index is 12.3. The van der Waals surface area contributed by atoms with Crippen molar-refractivity contribution in [3.8, 4) is 0 Å². The van der Waals surface area contributed by atoms with Crippen molar-refractivity contribution >= 4 is 28.9 Å². The number of anilines is 1. The fourth-order valence-corrected chi connectivity index (χ4v) is 3.00. The number of likely N-dealkylation sites (tertiary alicyclic amines) is 1. The zero-order valence-corrected chi connectivity index (χ0v) is 15.7. The van der Waals surface area contributed by atoms with Crippen LogP contribution < -0.4 is 5.32 Å². The van der Waals surface area contributed by atoms with E-state index in [0.717, 1.165) is 18.2 Å². The average molecular weight is 372 g/mol. The second-order valence-corrected chi connectivity index (χ2v) is 7.68. The SMILES string of the molecule is CC(C)(C)OC(=O)N1CCC[C@@H](Nc2ncc3ccc(C(=O)O)cc3n2)C1. The highest BCUT2D eigenvalue weighted by Gasteiger charge is 2.28. The number of hydrogen-bond donors (Lipinski definition) is 2. The minimum absolute atomic E-state index is 0.00590. The third kappa shape index (κ3) is 4.84. The van der Waals surface area contributed by atoms with Gasteiger partial charge in [-0.15, -0.1) is 0 Å². The molecule has 0 saturated carbocycles. The standard InChI is InChI=1S/C19H24N4O4/c1-19(2,3)27-18(26)23-8-4-5-14(11-23)21-17-20-10-13-7-6-12(16(24)25)9-15(13)22-17/h6-7,9-10,14H,4-5,8,11H2,1-3H3,(H,24,25)(H,20,21,22)/t14-/m1/s1. The van der Waals surface area contributed by atoms with Crippen LogP contribution in [0.1, 0.15) is 44.0 Å². The molecule has 2 heterocycles. The molecule has 1 fully saturated rings. The quantitative estimate of drug-likeness (QED) is 0.853. The largest absolute Gasteiger partial charge is 0.478 e. The molecule has 1 amide bonds. The molecule has 1 aliphatic heterocycles. The number of carboxylic acid groups (broad SMARTS) is 1. The summed E-state index contributed by atoms with van der Waals surface area (Å²) in [6.07, 6.45) is 3.08. The van der Waals surface area contributed by atoms with Crippen molar-refractivity contribution in [2.75, 3.05) is 18.4 Å². The molecule has 1 aromatic carbocycles. The normalized spacial score (nSPS) is 17.6. The highest BCUT2D eigenvalue weighted by atomic mass is 16.6. The van der Waals surface area contributed by atoms with Crippen molar-refractivity contribution in [3.63, 3.8) is 0 Å². The zero-order valence-electron chi connectivity index (χ0n) is 15.7. The van der Waals surface area contributed by atoms with Crippen LogP contribution in [0, 0.1) is 0 Å². The highest BCUT2D eigenvalue weighted by molar-refractivity contribution is 5.93. The van der Waals surface area contributed by atoms with Gasteiger partial charge in [0.2, 0.25) is 5.95 Å². The molecule has 3 rings (SSSR count). The number of hydrogen-bond acceptors (Lipinski definition) is 6. The van der Waals surface area contributed by atoms with E-state index >= 15 is 0 Å². The Morgan fingerprint density at radius 2 is 2.11 bits per heavy atom. The number of aromatic carboxylic acids is 1. The van der Waals surface area contributed by atoms with Crippen molar-refractivity contribution in [2.45, 2.75) is 45.3 Å². The highest BCUT2D eigenvalue weighted by Crippen LogP contribution is 2.19. The molecule has 27 heavy (non-hydrogen) atoms. The second-order valence-electron chi connectivity index (χ2n) is 7.68. The maximum Gasteiger partial charge on any atom is 0.410 e. The van der Waals surface area contributed by atoms with Crippen LogP contribution in [0.5, 0.6) is 0 Å². The summed E-state index contributed by atoms with van der Waals surface area (Å²) in [5.41, 5.74) is 0.217. The first-order chi connectivity index (χ1) is 12.7. The number of carbonyl (C=O) groups excluding carboxylic acids is 1. The van der Waals surface area contributed by atoms with Gasteiger partial charge in [-0.2, -0.15) is 0 Å². The van der Waals surface area contributed by atoms with Gasteiger partial charge in [-0.05, 0) is 45.7 Å². The Kier molecular flexibility index (Phi) is 5.16. The summed E-state index contributed by atoms with van der Waals surface area (Å²) in [5, 5.41) is 13.1. The Labute approximate surface area is 157 Å². The Balaban J connectivity index is 1.70. The molecule has 0 bridgehead atoms. The molecule has 1 aromatic heterocycles. The summed E-state index contributed by atoms with van der Waals surface area (Å²) in [7, 11) is 0. The van der Waals surface area contributed by atoms with Gasteiger partial charge in [0.25, 0.3) is 0 Å². The third-order valence-electron chi connectivity index (χ3n) is 4.24. The molecule has 1 saturated heterocycles. The van der Waals surface area contributed by atoms with Crippen molar-refractivity contribution in [2.24, 2.45) is 0 Å². The van der Waals surface area contributed by atoms with Crippen LogP contribution in [0.4, 0.5) is 10.7 Å². The smallest absolute Gasteiger partial charge is 0.410 e. The lowest BCUT2D eigenvalue weighted by Crippen LogP contribution is -2.47. The lowest BCUT2D eigenvalue weighted by molar-refractivity contribution is 0.0206. The van der Waals surface area contributed by atoms with Crippen LogP contribution in [-0.2, 0) is 4.74 Å². The number of rotatable bonds is 3. The first kappa shape index (κ1) is 18.9. The molecular weight excluding hydrogens is 348 g/mol. The van der Waals surface area contributed by atoms with Crippen LogP contribution in [0.15, 0.2) is 24.4 Å². The number of nitrogens with one attached hydrogen (secondary N) is 1. The predicted octanol–water partition coefficient (Wildman–Crippen LogP) is 3.14. The van der Waals surface area contributed by atoms with E-state index in [1.165, 1.54) is 12.1 Å². The van der Waals surface area contributed by atoms with Gasteiger partial charge < -0.3 is 20.1 Å². The number of nitrogens with zero attached hydrogens (tertiary/aromatic N) is 3. The van der Waals surface area contributed by atoms with E-state index in [-0.39, 0.29) is 17.7 Å². The predicted molar refractivity (Wildman–Crippen MR) is 101 cm³/mol. The molecule has 2 N–H and O–H groups in total. The fraction of sp³-hybridized carbons (Fsp3) is 0.474. The van der Waals surface area contributed by atoms with Crippen molar-refractivity contribution in [1.29, 1.82) is 0 Å². The number of carbonyl (C=O) groups is 2. The molecule has 8 nitrogen and oxygen atoms in total. The Hall–Kier alpha value is -2.90. The minimum atomic E-state index is -0.995. The molecule has 0 aliphatic carbocycles. The second kappa shape index (κ2) is 7.38. The number of ether oxygens (including phenoxy) is 1. The number of benzene rings is 1. The van der Waals surface area contributed by atoms with Crippen molar-refractivity contribution < 1.29 is 19.4 Å². The minimum Gasteiger partial charge on any atom is -0.478 e. The van der Waals surface area contributed by atoms with E-state index in [2.05, 4.69) is 15.3 Å². The van der Waals surface area contributed by atoms with Gasteiger partial charge in [-0.1, -0.05) is 6.07 Å². The van der Waals surface area contributed by atoms with Gasteiger partial charge in [0.1, 0.15) is 5.60 Å². The lowest BCUT2D eigenvalue weighted by Gasteiger charge is -2.34. The number of carboxylic acids is 1. The molecule has 1 aliphatic rings. The molecule has 0 spiro atoms. The van der Waals surface area contributed by atoms with E-state index in [1.807, 2.05) is 20.8 Å². The zero-order chi connectivity index (χ0) is 19.6. The fourth-order valence-electron chi connectivity index (χ4n) is 3.00. The van der Waals surface area contributed by atoms with E-state index in [4.69, 9.17) is 9.84 Å². The van der Waals surface area contributed by atoms with Crippen LogP contribution in [0.2, 0.25) is 0 Å². The molecule has 0 radical (unpaired) electrons. The maximum atomic E-state index is 12.3. The topological polar surface area (TPSA) is 105 Å². The van der Waals surface area contributed by atoms with E-state index < -0.39 is 11.6 Å². The molecule has 0 unspecified atom stereocenters. The average Bonchev–Trinajstić information content (AvgIpc) is 2.60.